The Kier molecular flexibility index (Phi) is 4.63. The molecule has 1 aromatic carbocycles. The van der Waals surface area contributed by atoms with Crippen molar-refractivity contribution in [2.24, 2.45) is 5.92 Å². The quantitative estimate of drug-likeness (QED) is 0.556. The summed E-state index contributed by atoms with van der Waals surface area (Å²) in [6, 6.07) is 10.5. The monoisotopic (exact) mass is 383 g/mol. The Morgan fingerprint density at radius 2 is 1.93 bits per heavy atom. The molecular weight excluding hydrogens is 367 g/mol. The molecule has 0 saturated carbocycles. The number of benzene rings is 1. The van der Waals surface area contributed by atoms with Gasteiger partial charge in [-0.2, -0.15) is 13.2 Å². The first-order valence-corrected chi connectivity index (χ1v) is 8.95. The van der Waals surface area contributed by atoms with Gasteiger partial charge >= 0.3 is 6.18 Å². The lowest BCUT2D eigenvalue weighted by molar-refractivity contribution is -0.177. The molecule has 0 unspecified atom stereocenters. The van der Waals surface area contributed by atoms with Crippen molar-refractivity contribution in [2.45, 2.75) is 32.0 Å². The van der Waals surface area contributed by atoms with Crippen molar-refractivity contribution >= 4 is 10.9 Å². The van der Waals surface area contributed by atoms with E-state index in [9.17, 15) is 18.0 Å². The average molecular weight is 383 g/mol. The van der Waals surface area contributed by atoms with Crippen LogP contribution in [0.25, 0.3) is 10.9 Å². The van der Waals surface area contributed by atoms with E-state index in [0.29, 0.717) is 28.0 Å². The lowest BCUT2D eigenvalue weighted by atomic mass is 10.00. The van der Waals surface area contributed by atoms with Crippen LogP contribution in [0.1, 0.15) is 29.9 Å². The number of halogens is 3. The van der Waals surface area contributed by atoms with E-state index in [1.54, 1.807) is 36.5 Å². The van der Waals surface area contributed by atoms with Crippen LogP contribution < -0.4 is 5.56 Å². The van der Waals surface area contributed by atoms with Gasteiger partial charge in [0.05, 0.1) is 16.8 Å². The zero-order valence-electron chi connectivity index (χ0n) is 14.8. The highest BCUT2D eigenvalue weighted by Crippen LogP contribution is 2.34. The summed E-state index contributed by atoms with van der Waals surface area (Å²) in [4.78, 5) is 21.7. The standard InChI is InChI=1S/C21H16F3N3O/c22-21(23,24)15-8-10-18-26-17-6-3-4-14(7-9-16-5-1-2-12-25-16)19(17)20(28)27(18)13-11-15/h1-6,12,15H,8,10-11,13H2/t15-/m1/s1. The highest BCUT2D eigenvalue weighted by molar-refractivity contribution is 5.84. The van der Waals surface area contributed by atoms with Crippen LogP contribution in [0.5, 0.6) is 0 Å². The number of hydrogen-bond donors (Lipinski definition) is 0. The van der Waals surface area contributed by atoms with Gasteiger partial charge in [-0.1, -0.05) is 18.1 Å². The Bertz CT molecular complexity index is 1140. The highest BCUT2D eigenvalue weighted by atomic mass is 19.4. The second-order valence-corrected chi connectivity index (χ2v) is 6.72. The minimum atomic E-state index is -4.26. The van der Waals surface area contributed by atoms with Gasteiger partial charge in [0, 0.05) is 24.7 Å². The van der Waals surface area contributed by atoms with E-state index in [2.05, 4.69) is 21.8 Å². The molecule has 1 aliphatic rings. The van der Waals surface area contributed by atoms with Crippen molar-refractivity contribution in [2.75, 3.05) is 0 Å². The summed E-state index contributed by atoms with van der Waals surface area (Å²) < 4.78 is 40.7. The molecule has 0 aliphatic carbocycles. The molecule has 3 heterocycles. The van der Waals surface area contributed by atoms with Crippen LogP contribution in [0.3, 0.4) is 0 Å². The van der Waals surface area contributed by atoms with E-state index in [1.165, 1.54) is 4.57 Å². The maximum absolute atomic E-state index is 13.1. The third-order valence-corrected chi connectivity index (χ3v) is 4.93. The van der Waals surface area contributed by atoms with Crippen molar-refractivity contribution < 1.29 is 13.2 Å². The van der Waals surface area contributed by atoms with Gasteiger partial charge in [0.1, 0.15) is 11.5 Å². The van der Waals surface area contributed by atoms with Crippen LogP contribution >= 0.6 is 0 Å². The molecule has 0 N–H and O–H groups in total. The molecular formula is C21H16F3N3O. The average Bonchev–Trinajstić information content (AvgIpc) is 2.90. The molecule has 28 heavy (non-hydrogen) atoms. The molecule has 0 amide bonds. The maximum atomic E-state index is 13.1. The minimum absolute atomic E-state index is 0.00326. The van der Waals surface area contributed by atoms with E-state index in [1.807, 2.05) is 6.07 Å². The maximum Gasteiger partial charge on any atom is 0.391 e. The molecule has 7 heteroatoms. The van der Waals surface area contributed by atoms with Gasteiger partial charge in [-0.25, -0.2) is 9.97 Å². The summed E-state index contributed by atoms with van der Waals surface area (Å²) in [6.07, 6.45) is -2.68. The molecule has 3 aromatic rings. The first-order valence-electron chi connectivity index (χ1n) is 8.95. The number of rotatable bonds is 0. The molecule has 4 rings (SSSR count). The first kappa shape index (κ1) is 18.2. The molecule has 0 fully saturated rings. The fourth-order valence-electron chi connectivity index (χ4n) is 3.46. The Hall–Kier alpha value is -3.14. The normalized spacial score (nSPS) is 16.8. The van der Waals surface area contributed by atoms with Crippen LogP contribution in [-0.2, 0) is 13.0 Å². The molecule has 4 nitrogen and oxygen atoms in total. The van der Waals surface area contributed by atoms with Gasteiger partial charge in [0.2, 0.25) is 0 Å². The Balaban J connectivity index is 1.80. The summed E-state index contributed by atoms with van der Waals surface area (Å²) in [6.45, 7) is 0.00326. The van der Waals surface area contributed by atoms with Crippen molar-refractivity contribution in [3.8, 4) is 11.8 Å². The Labute approximate surface area is 159 Å². The van der Waals surface area contributed by atoms with Gasteiger partial charge in [0.25, 0.3) is 5.56 Å². The lowest BCUT2D eigenvalue weighted by Crippen LogP contribution is -2.26. The molecule has 0 saturated heterocycles. The minimum Gasteiger partial charge on any atom is -0.296 e. The number of aryl methyl sites for hydroxylation is 1. The molecule has 1 atom stereocenters. The topological polar surface area (TPSA) is 47.8 Å². The summed E-state index contributed by atoms with van der Waals surface area (Å²) in [5.41, 5.74) is 1.17. The number of hydrogen-bond acceptors (Lipinski definition) is 3. The van der Waals surface area contributed by atoms with Crippen molar-refractivity contribution in [1.82, 2.24) is 14.5 Å². The largest absolute Gasteiger partial charge is 0.391 e. The number of aromatic nitrogens is 3. The number of alkyl halides is 3. The van der Waals surface area contributed by atoms with E-state index in [-0.39, 0.29) is 31.4 Å². The third kappa shape index (κ3) is 3.50. The second kappa shape index (κ2) is 7.12. The molecule has 1 aliphatic heterocycles. The van der Waals surface area contributed by atoms with Gasteiger partial charge in [0.15, 0.2) is 0 Å². The smallest absolute Gasteiger partial charge is 0.296 e. The van der Waals surface area contributed by atoms with Crippen LogP contribution in [0.4, 0.5) is 13.2 Å². The predicted molar refractivity (Wildman–Crippen MR) is 98.7 cm³/mol. The van der Waals surface area contributed by atoms with Crippen LogP contribution in [0.2, 0.25) is 0 Å². The van der Waals surface area contributed by atoms with Gasteiger partial charge in [-0.15, -0.1) is 0 Å². The predicted octanol–water partition coefficient (Wildman–Crippen LogP) is 3.71. The highest BCUT2D eigenvalue weighted by Gasteiger charge is 2.40. The number of fused-ring (bicyclic) bond motifs is 2. The van der Waals surface area contributed by atoms with E-state index >= 15 is 0 Å². The van der Waals surface area contributed by atoms with E-state index in [4.69, 9.17) is 0 Å². The van der Waals surface area contributed by atoms with E-state index in [0.717, 1.165) is 0 Å². The zero-order chi connectivity index (χ0) is 19.7. The van der Waals surface area contributed by atoms with Gasteiger partial charge < -0.3 is 0 Å². The molecule has 0 bridgehead atoms. The lowest BCUT2D eigenvalue weighted by Gasteiger charge is -2.16. The Morgan fingerprint density at radius 1 is 1.07 bits per heavy atom. The fourth-order valence-corrected chi connectivity index (χ4v) is 3.46. The number of nitrogens with zero attached hydrogens (tertiary/aromatic N) is 3. The zero-order valence-corrected chi connectivity index (χ0v) is 14.8. The second-order valence-electron chi connectivity index (χ2n) is 6.72. The Morgan fingerprint density at radius 3 is 2.68 bits per heavy atom. The summed E-state index contributed by atoms with van der Waals surface area (Å²) in [5.74, 6) is 4.85. The number of pyridine rings is 1. The molecule has 0 radical (unpaired) electrons. The third-order valence-electron chi connectivity index (χ3n) is 4.93. The summed E-state index contributed by atoms with van der Waals surface area (Å²) in [5, 5.41) is 0.333. The molecule has 2 aromatic heterocycles. The van der Waals surface area contributed by atoms with Crippen LogP contribution in [0, 0.1) is 17.8 Å². The van der Waals surface area contributed by atoms with Crippen molar-refractivity contribution in [3.63, 3.8) is 0 Å². The molecule has 0 spiro atoms. The SMILES string of the molecule is O=c1c2c(C#Cc3ccccn3)cccc2nc2n1CC[C@H](C(F)(F)F)CC2. The van der Waals surface area contributed by atoms with Crippen LogP contribution in [-0.4, -0.2) is 20.7 Å². The van der Waals surface area contributed by atoms with Gasteiger partial charge in [-0.3, -0.25) is 9.36 Å². The van der Waals surface area contributed by atoms with Gasteiger partial charge in [-0.05, 0) is 43.0 Å². The molecule has 142 valence electrons. The van der Waals surface area contributed by atoms with Crippen molar-refractivity contribution in [1.29, 1.82) is 0 Å². The first-order chi connectivity index (χ1) is 13.4. The summed E-state index contributed by atoms with van der Waals surface area (Å²) >= 11 is 0. The van der Waals surface area contributed by atoms with Crippen LogP contribution in [0.15, 0.2) is 47.4 Å². The van der Waals surface area contributed by atoms with E-state index < -0.39 is 12.1 Å². The van der Waals surface area contributed by atoms with Crippen molar-refractivity contribution in [3.05, 3.63) is 70.0 Å². The summed E-state index contributed by atoms with van der Waals surface area (Å²) in [7, 11) is 0. The fraction of sp³-hybridized carbons (Fsp3) is 0.286.